The van der Waals surface area contributed by atoms with Crippen molar-refractivity contribution in [2.45, 2.75) is 0 Å². The maximum absolute atomic E-state index is 12.7. The molecule has 4 rings (SSSR count). The minimum Gasteiger partial charge on any atom is -0.486 e. The van der Waals surface area contributed by atoms with Gasteiger partial charge in [-0.05, 0) is 31.3 Å². The molecule has 8 nitrogen and oxygen atoms in total. The highest BCUT2D eigenvalue weighted by Gasteiger charge is 2.22. The van der Waals surface area contributed by atoms with Crippen LogP contribution in [0.25, 0.3) is 0 Å². The Balaban J connectivity index is 1.46. The summed E-state index contributed by atoms with van der Waals surface area (Å²) < 4.78 is 11.0. The second kappa shape index (κ2) is 7.85. The quantitative estimate of drug-likeness (QED) is 0.866. The lowest BCUT2D eigenvalue weighted by Gasteiger charge is -2.32. The zero-order valence-corrected chi connectivity index (χ0v) is 15.7. The van der Waals surface area contributed by atoms with E-state index < -0.39 is 0 Å². The third-order valence-electron chi connectivity index (χ3n) is 4.79. The van der Waals surface area contributed by atoms with Crippen molar-refractivity contribution in [3.8, 4) is 11.5 Å². The van der Waals surface area contributed by atoms with E-state index in [1.807, 2.05) is 7.05 Å². The minimum absolute atomic E-state index is 0.151. The van der Waals surface area contributed by atoms with Gasteiger partial charge in [0.1, 0.15) is 24.6 Å². The van der Waals surface area contributed by atoms with Gasteiger partial charge >= 0.3 is 0 Å². The number of anilines is 1. The van der Waals surface area contributed by atoms with Gasteiger partial charge in [0.05, 0.1) is 0 Å². The fraction of sp³-hybridized carbons (Fsp3) is 0.350. The third kappa shape index (κ3) is 3.91. The molecule has 0 bridgehead atoms. The van der Waals surface area contributed by atoms with Crippen LogP contribution in [0.3, 0.4) is 0 Å². The number of amides is 2. The van der Waals surface area contributed by atoms with Crippen LogP contribution in [0.4, 0.5) is 5.69 Å². The van der Waals surface area contributed by atoms with Gasteiger partial charge in [0.15, 0.2) is 11.5 Å². The molecule has 1 aromatic carbocycles. The Morgan fingerprint density at radius 2 is 1.68 bits per heavy atom. The zero-order valence-electron chi connectivity index (χ0n) is 15.7. The Morgan fingerprint density at radius 1 is 0.964 bits per heavy atom. The molecular weight excluding hydrogens is 360 g/mol. The van der Waals surface area contributed by atoms with E-state index >= 15 is 0 Å². The summed E-state index contributed by atoms with van der Waals surface area (Å²) in [6.07, 6.45) is 0. The first-order valence-electron chi connectivity index (χ1n) is 9.26. The van der Waals surface area contributed by atoms with Crippen molar-refractivity contribution in [3.63, 3.8) is 0 Å². The highest BCUT2D eigenvalue weighted by atomic mass is 16.6. The molecule has 3 heterocycles. The number of benzene rings is 1. The van der Waals surface area contributed by atoms with Gasteiger partial charge in [-0.25, -0.2) is 4.98 Å². The summed E-state index contributed by atoms with van der Waals surface area (Å²) in [4.78, 5) is 33.5. The third-order valence-corrected chi connectivity index (χ3v) is 4.79. The number of carbonyl (C=O) groups excluding carboxylic acids is 2. The van der Waals surface area contributed by atoms with Gasteiger partial charge < -0.3 is 24.6 Å². The van der Waals surface area contributed by atoms with Gasteiger partial charge in [0.2, 0.25) is 0 Å². The SMILES string of the molecule is CN1CCN(C(=O)c2cccc(C(=O)Nc3ccc4c(c3)OCCO4)n2)CC1. The molecule has 146 valence electrons. The van der Waals surface area contributed by atoms with E-state index in [0.717, 1.165) is 13.1 Å². The molecule has 2 aromatic rings. The van der Waals surface area contributed by atoms with Crippen LogP contribution >= 0.6 is 0 Å². The van der Waals surface area contributed by atoms with Crippen LogP contribution in [0.2, 0.25) is 0 Å². The lowest BCUT2D eigenvalue weighted by Crippen LogP contribution is -2.47. The van der Waals surface area contributed by atoms with Gasteiger partial charge in [0.25, 0.3) is 11.8 Å². The fourth-order valence-corrected chi connectivity index (χ4v) is 3.17. The summed E-state index contributed by atoms with van der Waals surface area (Å²) >= 11 is 0. The number of hydrogen-bond donors (Lipinski definition) is 1. The smallest absolute Gasteiger partial charge is 0.274 e. The number of hydrogen-bond acceptors (Lipinski definition) is 6. The van der Waals surface area contributed by atoms with Crippen LogP contribution in [-0.2, 0) is 0 Å². The highest BCUT2D eigenvalue weighted by Crippen LogP contribution is 2.32. The van der Waals surface area contributed by atoms with Crippen molar-refractivity contribution in [2.75, 3.05) is 51.8 Å². The number of fused-ring (bicyclic) bond motifs is 1. The Kier molecular flexibility index (Phi) is 5.12. The minimum atomic E-state index is -0.385. The molecular formula is C20H22N4O4. The van der Waals surface area contributed by atoms with Crippen LogP contribution in [0.15, 0.2) is 36.4 Å². The molecule has 2 aliphatic heterocycles. The summed E-state index contributed by atoms with van der Waals surface area (Å²) in [5.41, 5.74) is 1.04. The van der Waals surface area contributed by atoms with Crippen molar-refractivity contribution < 1.29 is 19.1 Å². The van der Waals surface area contributed by atoms with Gasteiger partial charge in [0, 0.05) is 37.9 Å². The Bertz CT molecular complexity index is 894. The molecule has 0 aliphatic carbocycles. The number of pyridine rings is 1. The number of rotatable bonds is 3. The van der Waals surface area contributed by atoms with Crippen LogP contribution in [-0.4, -0.2) is 73.0 Å². The van der Waals surface area contributed by atoms with E-state index in [9.17, 15) is 9.59 Å². The molecule has 0 atom stereocenters. The number of likely N-dealkylation sites (N-methyl/N-ethyl adjacent to an activating group) is 1. The zero-order chi connectivity index (χ0) is 19.5. The Hall–Kier alpha value is -3.13. The normalized spacial score (nSPS) is 16.5. The van der Waals surface area contributed by atoms with E-state index in [1.54, 1.807) is 41.3 Å². The average molecular weight is 382 g/mol. The predicted molar refractivity (Wildman–Crippen MR) is 103 cm³/mol. The topological polar surface area (TPSA) is 84.0 Å². The molecule has 8 heteroatoms. The number of nitrogens with zero attached hydrogens (tertiary/aromatic N) is 3. The number of piperazine rings is 1. The fourth-order valence-electron chi connectivity index (χ4n) is 3.17. The van der Waals surface area contributed by atoms with Gasteiger partial charge in [-0.15, -0.1) is 0 Å². The maximum Gasteiger partial charge on any atom is 0.274 e. The summed E-state index contributed by atoms with van der Waals surface area (Å²) in [6, 6.07) is 10.1. The largest absolute Gasteiger partial charge is 0.486 e. The van der Waals surface area contributed by atoms with Gasteiger partial charge in [-0.2, -0.15) is 0 Å². The maximum atomic E-state index is 12.7. The molecule has 1 saturated heterocycles. The molecule has 1 N–H and O–H groups in total. The van der Waals surface area contributed by atoms with E-state index in [2.05, 4.69) is 15.2 Å². The molecule has 2 amide bonds. The molecule has 1 aromatic heterocycles. The second-order valence-corrected chi connectivity index (χ2v) is 6.82. The molecule has 0 radical (unpaired) electrons. The predicted octanol–water partition coefficient (Wildman–Crippen LogP) is 1.49. The molecule has 0 spiro atoms. The van der Waals surface area contributed by atoms with Crippen LogP contribution < -0.4 is 14.8 Å². The van der Waals surface area contributed by atoms with Gasteiger partial charge in [-0.3, -0.25) is 9.59 Å². The molecule has 1 fully saturated rings. The summed E-state index contributed by atoms with van der Waals surface area (Å²) in [7, 11) is 2.03. The number of nitrogens with one attached hydrogen (secondary N) is 1. The van der Waals surface area contributed by atoms with Crippen molar-refractivity contribution in [1.82, 2.24) is 14.8 Å². The van der Waals surface area contributed by atoms with E-state index in [1.165, 1.54) is 0 Å². The Labute approximate surface area is 163 Å². The van der Waals surface area contributed by atoms with Gasteiger partial charge in [-0.1, -0.05) is 6.07 Å². The summed E-state index contributed by atoms with van der Waals surface area (Å²) in [6.45, 7) is 3.96. The monoisotopic (exact) mass is 382 g/mol. The molecule has 2 aliphatic rings. The number of ether oxygens (including phenoxy) is 2. The van der Waals surface area contributed by atoms with Crippen molar-refractivity contribution >= 4 is 17.5 Å². The van der Waals surface area contributed by atoms with Crippen molar-refractivity contribution in [3.05, 3.63) is 47.8 Å². The number of aromatic nitrogens is 1. The first-order valence-corrected chi connectivity index (χ1v) is 9.26. The standard InChI is InChI=1S/C20H22N4O4/c1-23-7-9-24(10-8-23)20(26)16-4-2-3-15(22-16)19(25)21-14-5-6-17-18(13-14)28-12-11-27-17/h2-6,13H,7-12H2,1H3,(H,21,25). The average Bonchev–Trinajstić information content (AvgIpc) is 2.74. The first-order chi connectivity index (χ1) is 13.6. The van der Waals surface area contributed by atoms with Crippen molar-refractivity contribution in [1.29, 1.82) is 0 Å². The lowest BCUT2D eigenvalue weighted by atomic mass is 10.2. The van der Waals surface area contributed by atoms with E-state index in [4.69, 9.17) is 9.47 Å². The van der Waals surface area contributed by atoms with Crippen molar-refractivity contribution in [2.24, 2.45) is 0 Å². The highest BCUT2D eigenvalue weighted by molar-refractivity contribution is 6.04. The van der Waals surface area contributed by atoms with E-state index in [0.29, 0.717) is 43.5 Å². The summed E-state index contributed by atoms with van der Waals surface area (Å²) in [5, 5.41) is 2.79. The molecule has 0 unspecified atom stereocenters. The van der Waals surface area contributed by atoms with Crippen LogP contribution in [0, 0.1) is 0 Å². The Morgan fingerprint density at radius 3 is 2.46 bits per heavy atom. The molecule has 28 heavy (non-hydrogen) atoms. The van der Waals surface area contributed by atoms with E-state index in [-0.39, 0.29) is 23.2 Å². The summed E-state index contributed by atoms with van der Waals surface area (Å²) in [5.74, 6) is 0.713. The first kappa shape index (κ1) is 18.2. The number of carbonyl (C=O) groups is 2. The molecule has 0 saturated carbocycles. The lowest BCUT2D eigenvalue weighted by molar-refractivity contribution is 0.0658. The van der Waals surface area contributed by atoms with Crippen LogP contribution in [0.5, 0.6) is 11.5 Å². The van der Waals surface area contributed by atoms with Crippen LogP contribution in [0.1, 0.15) is 21.0 Å². The second-order valence-electron chi connectivity index (χ2n) is 6.82.